The molecule has 2 aliphatic heterocycles. The number of nitrogens with zero attached hydrogens (tertiary/aromatic N) is 4. The van der Waals surface area contributed by atoms with Crippen LogP contribution in [0.5, 0.6) is 5.75 Å². The summed E-state index contributed by atoms with van der Waals surface area (Å²) in [5.74, 6) is 0.407. The number of rotatable bonds is 10. The Morgan fingerprint density at radius 1 is 0.956 bits per heavy atom. The molecule has 0 aromatic heterocycles. The summed E-state index contributed by atoms with van der Waals surface area (Å²) in [6, 6.07) is 30.4. The van der Waals surface area contributed by atoms with Crippen LogP contribution in [0.1, 0.15) is 16.7 Å². The molecule has 230 valence electrons. The molecule has 0 unspecified atom stereocenters. The van der Waals surface area contributed by atoms with Crippen LogP contribution < -0.4 is 10.1 Å². The fraction of sp³-hybridized carbons (Fsp3) is 0.250. The predicted molar refractivity (Wildman–Crippen MR) is 173 cm³/mol. The maximum absolute atomic E-state index is 14.3. The summed E-state index contributed by atoms with van der Waals surface area (Å²) in [4.78, 5) is 45.1. The summed E-state index contributed by atoms with van der Waals surface area (Å²) in [6.45, 7) is 5.04. The number of ether oxygens (including phenoxy) is 1. The number of hydrazine groups is 1. The molecular formula is C36H37N5O4. The van der Waals surface area contributed by atoms with Crippen molar-refractivity contribution >= 4 is 28.6 Å². The molecule has 2 atom stereocenters. The number of methoxy groups -OCH3 is 1. The molecule has 9 heteroatoms. The van der Waals surface area contributed by atoms with Crippen molar-refractivity contribution in [3.05, 3.63) is 126 Å². The van der Waals surface area contributed by atoms with Gasteiger partial charge in [0, 0.05) is 19.5 Å². The molecule has 9 nitrogen and oxygen atoms in total. The van der Waals surface area contributed by atoms with Crippen molar-refractivity contribution in [1.29, 1.82) is 0 Å². The SMILES string of the molecule is C=CCN(C(=O)NCc1ccccc1)N1CC(=O)N2[C@@H](Cc3ccc(OC)cc3)C(=O)N(Cc3cccc4ccccc34)C[C@@H]21. The van der Waals surface area contributed by atoms with Gasteiger partial charge in [0.05, 0.1) is 26.7 Å². The van der Waals surface area contributed by atoms with Gasteiger partial charge < -0.3 is 19.9 Å². The van der Waals surface area contributed by atoms with Gasteiger partial charge in [-0.15, -0.1) is 6.58 Å². The Kier molecular flexibility index (Phi) is 8.79. The molecule has 0 bridgehead atoms. The van der Waals surface area contributed by atoms with Crippen LogP contribution >= 0.6 is 0 Å². The van der Waals surface area contributed by atoms with E-state index in [4.69, 9.17) is 4.74 Å². The van der Waals surface area contributed by atoms with E-state index in [1.807, 2.05) is 83.8 Å². The van der Waals surface area contributed by atoms with E-state index in [0.717, 1.165) is 27.5 Å². The first-order chi connectivity index (χ1) is 22.0. The highest BCUT2D eigenvalue weighted by molar-refractivity contribution is 5.92. The average Bonchev–Trinajstić information content (AvgIpc) is 3.40. The van der Waals surface area contributed by atoms with Crippen LogP contribution in [-0.2, 0) is 29.1 Å². The smallest absolute Gasteiger partial charge is 0.332 e. The molecule has 0 spiro atoms. The van der Waals surface area contributed by atoms with Crippen molar-refractivity contribution in [2.45, 2.75) is 31.7 Å². The number of hydrogen-bond acceptors (Lipinski definition) is 5. The van der Waals surface area contributed by atoms with Gasteiger partial charge in [0.25, 0.3) is 0 Å². The summed E-state index contributed by atoms with van der Waals surface area (Å²) in [5, 5.41) is 8.49. The molecule has 0 saturated carbocycles. The number of benzene rings is 4. The van der Waals surface area contributed by atoms with Gasteiger partial charge in [-0.3, -0.25) is 14.6 Å². The lowest BCUT2D eigenvalue weighted by Crippen LogP contribution is -2.66. The van der Waals surface area contributed by atoms with Gasteiger partial charge in [-0.05, 0) is 39.6 Å². The Bertz CT molecular complexity index is 1690. The van der Waals surface area contributed by atoms with E-state index < -0.39 is 12.2 Å². The number of carbonyl (C=O) groups excluding carboxylic acids is 3. The number of fused-ring (bicyclic) bond motifs is 2. The third kappa shape index (κ3) is 6.25. The van der Waals surface area contributed by atoms with Gasteiger partial charge in [0.2, 0.25) is 11.8 Å². The summed E-state index contributed by atoms with van der Waals surface area (Å²) in [6.07, 6.45) is 1.45. The predicted octanol–water partition coefficient (Wildman–Crippen LogP) is 4.59. The molecule has 2 saturated heterocycles. The summed E-state index contributed by atoms with van der Waals surface area (Å²) in [5.41, 5.74) is 2.90. The zero-order chi connectivity index (χ0) is 31.3. The number of urea groups is 1. The van der Waals surface area contributed by atoms with Crippen LogP contribution in [0, 0.1) is 0 Å². The minimum Gasteiger partial charge on any atom is -0.497 e. The highest BCUT2D eigenvalue weighted by Crippen LogP contribution is 2.31. The molecule has 4 amide bonds. The monoisotopic (exact) mass is 603 g/mol. The van der Waals surface area contributed by atoms with Crippen molar-refractivity contribution < 1.29 is 19.1 Å². The molecule has 2 heterocycles. The standard InChI is InChI=1S/C36H37N5O4/c1-3-20-39(36(44)37-22-27-10-5-4-6-11-27)40-25-34(42)41-32(21-26-16-18-30(45-2)19-17-26)35(43)38(24-33(40)41)23-29-14-9-13-28-12-7-8-15-31(28)29/h3-19,32-33H,1,20-25H2,2H3,(H,37,44)/t32-,33+/m0/s1. The van der Waals surface area contributed by atoms with Crippen molar-refractivity contribution in [3.63, 3.8) is 0 Å². The summed E-state index contributed by atoms with van der Waals surface area (Å²) < 4.78 is 5.32. The number of piperazine rings is 1. The number of hydrogen-bond donors (Lipinski definition) is 1. The van der Waals surface area contributed by atoms with Crippen molar-refractivity contribution in [2.24, 2.45) is 0 Å². The second-order valence-electron chi connectivity index (χ2n) is 11.3. The fourth-order valence-corrected chi connectivity index (χ4v) is 6.30. The van der Waals surface area contributed by atoms with Gasteiger partial charge in [-0.2, -0.15) is 5.01 Å². The van der Waals surface area contributed by atoms with E-state index in [1.54, 1.807) is 23.1 Å². The Hall–Kier alpha value is -5.15. The van der Waals surface area contributed by atoms with Gasteiger partial charge in [-0.25, -0.2) is 4.79 Å². The van der Waals surface area contributed by atoms with Crippen LogP contribution in [-0.4, -0.2) is 76.6 Å². The van der Waals surface area contributed by atoms with E-state index >= 15 is 0 Å². The molecule has 4 aromatic rings. The number of carbonyl (C=O) groups is 3. The van der Waals surface area contributed by atoms with Crippen LogP contribution in [0.15, 0.2) is 110 Å². The van der Waals surface area contributed by atoms with E-state index in [-0.39, 0.29) is 37.5 Å². The van der Waals surface area contributed by atoms with Gasteiger partial charge >= 0.3 is 6.03 Å². The lowest BCUT2D eigenvalue weighted by molar-refractivity contribution is -0.157. The second kappa shape index (κ2) is 13.2. The first-order valence-electron chi connectivity index (χ1n) is 15.1. The first-order valence-corrected chi connectivity index (χ1v) is 15.1. The van der Waals surface area contributed by atoms with E-state index in [0.29, 0.717) is 25.3 Å². The Morgan fingerprint density at radius 3 is 2.44 bits per heavy atom. The molecule has 0 radical (unpaired) electrons. The highest BCUT2D eigenvalue weighted by atomic mass is 16.5. The minimum atomic E-state index is -0.734. The van der Waals surface area contributed by atoms with Gasteiger partial charge in [0.15, 0.2) is 0 Å². The second-order valence-corrected chi connectivity index (χ2v) is 11.3. The zero-order valence-corrected chi connectivity index (χ0v) is 25.3. The Labute approximate surface area is 263 Å². The van der Waals surface area contributed by atoms with Crippen molar-refractivity contribution in [2.75, 3.05) is 26.7 Å². The first kappa shape index (κ1) is 29.9. The Balaban J connectivity index is 1.32. The fourth-order valence-electron chi connectivity index (χ4n) is 6.30. The van der Waals surface area contributed by atoms with Crippen LogP contribution in [0.2, 0.25) is 0 Å². The zero-order valence-electron chi connectivity index (χ0n) is 25.3. The topological polar surface area (TPSA) is 85.4 Å². The molecule has 45 heavy (non-hydrogen) atoms. The molecule has 6 rings (SSSR count). The molecule has 4 aromatic carbocycles. The van der Waals surface area contributed by atoms with Crippen LogP contribution in [0.4, 0.5) is 4.79 Å². The molecule has 2 fully saturated rings. The molecule has 2 aliphatic rings. The molecule has 0 aliphatic carbocycles. The minimum absolute atomic E-state index is 0.0221. The third-order valence-electron chi connectivity index (χ3n) is 8.53. The van der Waals surface area contributed by atoms with E-state index in [2.05, 4.69) is 30.1 Å². The van der Waals surface area contributed by atoms with Crippen molar-refractivity contribution in [1.82, 2.24) is 25.1 Å². The van der Waals surface area contributed by atoms with Crippen LogP contribution in [0.25, 0.3) is 10.8 Å². The van der Waals surface area contributed by atoms with Gasteiger partial charge in [-0.1, -0.05) is 91.0 Å². The molecular weight excluding hydrogens is 566 g/mol. The Morgan fingerprint density at radius 2 is 1.69 bits per heavy atom. The quantitative estimate of drug-likeness (QED) is 0.268. The third-order valence-corrected chi connectivity index (χ3v) is 8.53. The summed E-state index contributed by atoms with van der Waals surface area (Å²) >= 11 is 0. The molecule has 1 N–H and O–H groups in total. The lowest BCUT2D eigenvalue weighted by atomic mass is 9.99. The van der Waals surface area contributed by atoms with E-state index in [9.17, 15) is 14.4 Å². The van der Waals surface area contributed by atoms with Gasteiger partial charge in [0.1, 0.15) is 18.0 Å². The largest absolute Gasteiger partial charge is 0.497 e. The lowest BCUT2D eigenvalue weighted by Gasteiger charge is -2.46. The maximum atomic E-state index is 14.3. The average molecular weight is 604 g/mol. The number of amides is 4. The van der Waals surface area contributed by atoms with Crippen molar-refractivity contribution in [3.8, 4) is 5.75 Å². The normalized spacial score (nSPS) is 18.2. The van der Waals surface area contributed by atoms with E-state index in [1.165, 1.54) is 5.01 Å². The maximum Gasteiger partial charge on any atom is 0.332 e. The number of nitrogens with one attached hydrogen (secondary N) is 1. The van der Waals surface area contributed by atoms with Crippen LogP contribution in [0.3, 0.4) is 0 Å². The summed E-state index contributed by atoms with van der Waals surface area (Å²) in [7, 11) is 1.61. The highest BCUT2D eigenvalue weighted by Gasteiger charge is 2.52.